The number of anilines is 1. The Kier molecular flexibility index (Phi) is 6.91. The summed E-state index contributed by atoms with van der Waals surface area (Å²) < 4.78 is 52.1. The monoisotopic (exact) mass is 530 g/mol. The van der Waals surface area contributed by atoms with Crippen LogP contribution in [0.15, 0.2) is 24.4 Å². The highest BCUT2D eigenvalue weighted by molar-refractivity contribution is 7.66. The molecule has 2 unspecified atom stereocenters. The molecule has 20 heteroatoms. The van der Waals surface area contributed by atoms with Gasteiger partial charge in [-0.05, 0) is 18.2 Å². The molecule has 17 nitrogen and oxygen atoms in total. The normalized spacial score (nSPS) is 29.4. The first kappa shape index (κ1) is 25.9. The summed E-state index contributed by atoms with van der Waals surface area (Å²) in [5.41, 5.74) is 4.18. The zero-order valence-corrected chi connectivity index (χ0v) is 18.7. The molecular formula is C13H17N4O13P3. The number of ether oxygens (including phenoxy) is 1. The number of aromatic nitrogens is 2. The number of hydrogen-bond donors (Lipinski definition) is 7. The minimum Gasteiger partial charge on any atom is -0.397 e. The van der Waals surface area contributed by atoms with E-state index in [0.717, 1.165) is 0 Å². The Morgan fingerprint density at radius 2 is 1.82 bits per heavy atom. The van der Waals surface area contributed by atoms with Gasteiger partial charge in [0.15, 0.2) is 0 Å². The predicted molar refractivity (Wildman–Crippen MR) is 104 cm³/mol. The van der Waals surface area contributed by atoms with Gasteiger partial charge in [0.05, 0.1) is 23.5 Å². The maximum atomic E-state index is 11.9. The van der Waals surface area contributed by atoms with Gasteiger partial charge < -0.3 is 40.3 Å². The number of fused-ring (bicyclic) bond motifs is 1. The molecule has 6 atom stereocenters. The van der Waals surface area contributed by atoms with Crippen LogP contribution in [0.3, 0.4) is 0 Å². The third-order valence-electron chi connectivity index (χ3n) is 4.41. The summed E-state index contributed by atoms with van der Waals surface area (Å²) in [4.78, 5) is 35.8. The first-order chi connectivity index (χ1) is 15.1. The van der Waals surface area contributed by atoms with Crippen LogP contribution in [0.1, 0.15) is 5.69 Å². The van der Waals surface area contributed by atoms with E-state index in [1.54, 1.807) is 6.07 Å². The van der Waals surface area contributed by atoms with Crippen molar-refractivity contribution in [1.82, 2.24) is 9.61 Å². The molecule has 1 fully saturated rings. The molecule has 2 aromatic rings. The number of phosphoric ester groups is 1. The third-order valence-corrected chi connectivity index (χ3v) is 8.21. The molecule has 0 aliphatic carbocycles. The van der Waals surface area contributed by atoms with Crippen molar-refractivity contribution in [3.8, 4) is 6.07 Å². The van der Waals surface area contributed by atoms with E-state index < -0.39 is 54.0 Å². The van der Waals surface area contributed by atoms with Gasteiger partial charge in [-0.1, -0.05) is 0 Å². The highest BCUT2D eigenvalue weighted by Gasteiger charge is 2.58. The Hall–Kier alpha value is -1.73. The van der Waals surface area contributed by atoms with Crippen molar-refractivity contribution in [3.05, 3.63) is 30.1 Å². The minimum absolute atomic E-state index is 0.0420. The number of rotatable bonds is 8. The lowest BCUT2D eigenvalue weighted by Crippen LogP contribution is -2.41. The smallest absolute Gasteiger partial charge is 0.397 e. The van der Waals surface area contributed by atoms with Gasteiger partial charge in [0.25, 0.3) is 0 Å². The van der Waals surface area contributed by atoms with Gasteiger partial charge in [-0.15, -0.1) is 0 Å². The van der Waals surface area contributed by atoms with E-state index in [1.807, 2.05) is 0 Å². The summed E-state index contributed by atoms with van der Waals surface area (Å²) in [6.07, 6.45) is -4.14. The number of nitriles is 1. The van der Waals surface area contributed by atoms with E-state index in [2.05, 4.69) is 18.2 Å². The standard InChI is InChI=1S/C13H17N4O13P3/c14-6-13(10-2-1-8-7(15)3-4-16-17(8)10)12(19)11(18)9(28-13)5-27-32(23,24)30-33(25,26)29-31(20,21)22/h1-4,9,11-12,18-19H,5,15H2,(H,23,24)(H,25,26)(H2,20,21,22)/t9-,11-,12-,13+/m1/s1. The molecule has 1 saturated heterocycles. The fourth-order valence-corrected chi connectivity index (χ4v) is 6.14. The van der Waals surface area contributed by atoms with E-state index >= 15 is 0 Å². The van der Waals surface area contributed by atoms with Crippen LogP contribution < -0.4 is 5.73 Å². The van der Waals surface area contributed by atoms with Gasteiger partial charge in [-0.2, -0.15) is 19.0 Å². The van der Waals surface area contributed by atoms with Crippen LogP contribution in [0.5, 0.6) is 0 Å². The van der Waals surface area contributed by atoms with Crippen LogP contribution in [-0.2, 0) is 37.2 Å². The van der Waals surface area contributed by atoms with E-state index in [9.17, 15) is 34.1 Å². The van der Waals surface area contributed by atoms with Gasteiger partial charge >= 0.3 is 23.5 Å². The molecule has 33 heavy (non-hydrogen) atoms. The summed E-state index contributed by atoms with van der Waals surface area (Å²) in [7, 11) is -16.9. The molecule has 0 saturated carbocycles. The van der Waals surface area contributed by atoms with Crippen LogP contribution >= 0.6 is 23.5 Å². The molecule has 2 aromatic heterocycles. The summed E-state index contributed by atoms with van der Waals surface area (Å²) in [5, 5.41) is 34.7. The molecule has 182 valence electrons. The summed E-state index contributed by atoms with van der Waals surface area (Å²) in [6, 6.07) is 6.02. The van der Waals surface area contributed by atoms with Crippen molar-refractivity contribution in [2.24, 2.45) is 0 Å². The molecule has 0 bridgehead atoms. The largest absolute Gasteiger partial charge is 0.490 e. The van der Waals surface area contributed by atoms with E-state index in [0.29, 0.717) is 5.52 Å². The topological polar surface area (TPSA) is 277 Å². The Bertz CT molecular complexity index is 1240. The second-order valence-electron chi connectivity index (χ2n) is 6.63. The van der Waals surface area contributed by atoms with Crippen molar-refractivity contribution in [2.75, 3.05) is 12.3 Å². The van der Waals surface area contributed by atoms with Gasteiger partial charge in [-0.25, -0.2) is 18.2 Å². The number of aliphatic hydroxyl groups excluding tert-OH is 2. The molecule has 1 aliphatic heterocycles. The maximum absolute atomic E-state index is 11.9. The number of nitrogens with zero attached hydrogens (tertiary/aromatic N) is 3. The highest BCUT2D eigenvalue weighted by Crippen LogP contribution is 2.66. The lowest BCUT2D eigenvalue weighted by Gasteiger charge is -2.24. The van der Waals surface area contributed by atoms with E-state index in [-0.39, 0.29) is 11.4 Å². The lowest BCUT2D eigenvalue weighted by molar-refractivity contribution is -0.0634. The highest BCUT2D eigenvalue weighted by atomic mass is 31.3. The predicted octanol–water partition coefficient (Wildman–Crippen LogP) is -0.901. The van der Waals surface area contributed by atoms with Crippen LogP contribution in [0.4, 0.5) is 5.69 Å². The Morgan fingerprint density at radius 3 is 2.42 bits per heavy atom. The van der Waals surface area contributed by atoms with Crippen molar-refractivity contribution in [3.63, 3.8) is 0 Å². The van der Waals surface area contributed by atoms with Crippen molar-refractivity contribution < 1.29 is 61.4 Å². The number of nitrogen functional groups attached to an aromatic ring is 1. The zero-order chi connectivity index (χ0) is 24.8. The Morgan fingerprint density at radius 1 is 1.15 bits per heavy atom. The average Bonchev–Trinajstić information content (AvgIpc) is 3.20. The number of hydrogen-bond acceptors (Lipinski definition) is 12. The second-order valence-corrected chi connectivity index (χ2v) is 11.0. The van der Waals surface area contributed by atoms with Gasteiger partial charge in [0, 0.05) is 6.20 Å². The summed E-state index contributed by atoms with van der Waals surface area (Å²) in [6.45, 7) is -1.08. The SMILES string of the molecule is N#C[C@@]1(c2ccc3c(N)ccnn23)O[C@H](COP(=O)(O)OP(=O)(O)OP(=O)(O)O)[C@@H](O)[C@H]1O. The van der Waals surface area contributed by atoms with Gasteiger partial charge in [-0.3, -0.25) is 4.52 Å². The van der Waals surface area contributed by atoms with E-state index in [1.165, 1.54) is 28.9 Å². The first-order valence-electron chi connectivity index (χ1n) is 8.57. The zero-order valence-electron chi connectivity index (χ0n) is 16.1. The summed E-state index contributed by atoms with van der Waals surface area (Å²) >= 11 is 0. The van der Waals surface area contributed by atoms with Crippen LogP contribution in [-0.4, -0.2) is 64.3 Å². The lowest BCUT2D eigenvalue weighted by atomic mass is 9.92. The number of nitrogens with two attached hydrogens (primary N) is 1. The van der Waals surface area contributed by atoms with Crippen LogP contribution in [0.25, 0.3) is 5.52 Å². The number of aliphatic hydroxyl groups is 2. The molecule has 0 aromatic carbocycles. The fourth-order valence-electron chi connectivity index (χ4n) is 3.11. The van der Waals surface area contributed by atoms with Crippen LogP contribution in [0.2, 0.25) is 0 Å². The molecule has 0 amide bonds. The second kappa shape index (κ2) is 8.81. The van der Waals surface area contributed by atoms with Crippen molar-refractivity contribution in [2.45, 2.75) is 23.9 Å². The Labute approximate surface area is 184 Å². The number of phosphoric acid groups is 3. The van der Waals surface area contributed by atoms with Crippen molar-refractivity contribution >= 4 is 34.7 Å². The van der Waals surface area contributed by atoms with E-state index in [4.69, 9.17) is 25.2 Å². The third kappa shape index (κ3) is 5.35. The fraction of sp³-hybridized carbons (Fsp3) is 0.385. The van der Waals surface area contributed by atoms with Gasteiger partial charge in [0.1, 0.15) is 24.4 Å². The maximum Gasteiger partial charge on any atom is 0.490 e. The molecule has 3 heterocycles. The molecule has 0 spiro atoms. The van der Waals surface area contributed by atoms with Gasteiger partial charge in [0.2, 0.25) is 5.60 Å². The molecule has 3 rings (SSSR count). The average molecular weight is 530 g/mol. The first-order valence-corrected chi connectivity index (χ1v) is 13.1. The summed E-state index contributed by atoms with van der Waals surface area (Å²) in [5.74, 6) is 0. The molecule has 8 N–H and O–H groups in total. The van der Waals surface area contributed by atoms with Crippen molar-refractivity contribution in [1.29, 1.82) is 5.26 Å². The quantitative estimate of drug-likeness (QED) is 0.204. The minimum atomic E-state index is -5.76. The Balaban J connectivity index is 1.80. The molecular weight excluding hydrogens is 513 g/mol. The molecule has 0 radical (unpaired) electrons. The molecule has 1 aliphatic rings. The van der Waals surface area contributed by atoms with Crippen LogP contribution in [0, 0.1) is 11.3 Å².